The van der Waals surface area contributed by atoms with Crippen LogP contribution in [0.3, 0.4) is 0 Å². The summed E-state index contributed by atoms with van der Waals surface area (Å²) in [4.78, 5) is 14.1. The van der Waals surface area contributed by atoms with Crippen LogP contribution in [-0.2, 0) is 13.0 Å². The van der Waals surface area contributed by atoms with Gasteiger partial charge in [0.1, 0.15) is 0 Å². The van der Waals surface area contributed by atoms with E-state index in [4.69, 9.17) is 0 Å². The van der Waals surface area contributed by atoms with Gasteiger partial charge in [0.15, 0.2) is 0 Å². The Balaban J connectivity index is 1.64. The molecular weight excluding hydrogens is 272 g/mol. The number of nitrogens with zero attached hydrogens (tertiary/aromatic N) is 3. The molecule has 3 rings (SSSR count). The fraction of sp³-hybridized carbons (Fsp3) is 0.357. The fourth-order valence-electron chi connectivity index (χ4n) is 2.38. The van der Waals surface area contributed by atoms with E-state index in [0.29, 0.717) is 6.54 Å². The molecule has 0 spiro atoms. The summed E-state index contributed by atoms with van der Waals surface area (Å²) < 4.78 is 3.82. The number of nitrogens with one attached hydrogen (secondary N) is 1. The molecule has 1 aromatic heterocycles. The number of aromatic nitrogens is 2. The first-order valence-corrected chi connectivity index (χ1v) is 7.47. The Kier molecular flexibility index (Phi) is 3.64. The molecule has 1 aliphatic rings. The summed E-state index contributed by atoms with van der Waals surface area (Å²) in [5, 5.41) is 8.82. The lowest BCUT2D eigenvalue weighted by Gasteiger charge is -2.29. The van der Waals surface area contributed by atoms with Crippen LogP contribution >= 0.6 is 11.5 Å². The molecule has 0 radical (unpaired) electrons. The maximum atomic E-state index is 12.3. The number of amides is 2. The molecule has 0 saturated carbocycles. The van der Waals surface area contributed by atoms with E-state index in [9.17, 15) is 4.79 Å². The summed E-state index contributed by atoms with van der Waals surface area (Å²) in [6.07, 6.45) is 0.913. The molecule has 1 atom stereocenters. The molecule has 104 valence electrons. The number of carbonyl (C=O) groups excluding carboxylic acids is 1. The molecule has 0 saturated heterocycles. The van der Waals surface area contributed by atoms with Gasteiger partial charge in [0.05, 0.1) is 11.7 Å². The van der Waals surface area contributed by atoms with Crippen molar-refractivity contribution in [3.8, 4) is 0 Å². The summed E-state index contributed by atoms with van der Waals surface area (Å²) >= 11 is 1.30. The van der Waals surface area contributed by atoms with E-state index in [2.05, 4.69) is 27.0 Å². The van der Waals surface area contributed by atoms with Crippen molar-refractivity contribution < 1.29 is 4.79 Å². The zero-order chi connectivity index (χ0) is 13.9. The Labute approximate surface area is 121 Å². The van der Waals surface area contributed by atoms with E-state index in [1.807, 2.05) is 29.3 Å². The van der Waals surface area contributed by atoms with E-state index in [0.717, 1.165) is 18.7 Å². The minimum Gasteiger partial charge on any atom is -0.330 e. The zero-order valence-corrected chi connectivity index (χ0v) is 12.1. The summed E-state index contributed by atoms with van der Waals surface area (Å²) in [7, 11) is 0. The second-order valence-corrected chi connectivity index (χ2v) is 5.55. The van der Waals surface area contributed by atoms with E-state index < -0.39 is 0 Å². The molecule has 20 heavy (non-hydrogen) atoms. The number of urea groups is 1. The fourth-order valence-corrected chi connectivity index (χ4v) is 2.93. The topological polar surface area (TPSA) is 58.1 Å². The molecule has 0 fully saturated rings. The van der Waals surface area contributed by atoms with Crippen molar-refractivity contribution in [2.45, 2.75) is 25.9 Å². The first kappa shape index (κ1) is 13.1. The number of benzene rings is 1. The molecule has 2 aromatic rings. The molecule has 0 bridgehead atoms. The average molecular weight is 288 g/mol. The Bertz CT molecular complexity index is 599. The third kappa shape index (κ3) is 2.65. The minimum atomic E-state index is -0.113. The zero-order valence-electron chi connectivity index (χ0n) is 11.2. The van der Waals surface area contributed by atoms with Gasteiger partial charge in [0.25, 0.3) is 0 Å². The number of fused-ring (bicyclic) bond motifs is 1. The standard InChI is InChI=1S/C14H16N4OS/c1-10(13-9-20-17-16-13)15-14(19)18-7-6-11-4-2-3-5-12(11)8-18/h2-5,9-10H,6-8H2,1H3,(H,15,19). The summed E-state index contributed by atoms with van der Waals surface area (Å²) in [5.74, 6) is 0. The van der Waals surface area contributed by atoms with Crippen molar-refractivity contribution in [1.82, 2.24) is 19.8 Å². The van der Waals surface area contributed by atoms with Crippen molar-refractivity contribution >= 4 is 17.6 Å². The second kappa shape index (κ2) is 5.58. The lowest BCUT2D eigenvalue weighted by atomic mass is 10.0. The van der Waals surface area contributed by atoms with Crippen molar-refractivity contribution in [1.29, 1.82) is 0 Å². The van der Waals surface area contributed by atoms with Gasteiger partial charge < -0.3 is 10.2 Å². The monoisotopic (exact) mass is 288 g/mol. The lowest BCUT2D eigenvalue weighted by Crippen LogP contribution is -2.43. The molecule has 1 aliphatic heterocycles. The normalized spacial score (nSPS) is 15.6. The molecule has 6 heteroatoms. The number of hydrogen-bond acceptors (Lipinski definition) is 4. The maximum Gasteiger partial charge on any atom is 0.318 e. The molecule has 1 aromatic carbocycles. The van der Waals surface area contributed by atoms with Gasteiger partial charge in [-0.1, -0.05) is 28.8 Å². The number of rotatable bonds is 2. The first-order valence-electron chi connectivity index (χ1n) is 6.63. The lowest BCUT2D eigenvalue weighted by molar-refractivity contribution is 0.189. The van der Waals surface area contributed by atoms with Crippen molar-refractivity contribution in [2.24, 2.45) is 0 Å². The van der Waals surface area contributed by atoms with Crippen LogP contribution in [0.15, 0.2) is 29.6 Å². The maximum absolute atomic E-state index is 12.3. The third-order valence-electron chi connectivity index (χ3n) is 3.58. The first-order chi connectivity index (χ1) is 9.74. The predicted molar refractivity (Wildman–Crippen MR) is 77.4 cm³/mol. The minimum absolute atomic E-state index is 0.0417. The van der Waals surface area contributed by atoms with Gasteiger partial charge in [-0.3, -0.25) is 0 Å². The Morgan fingerprint density at radius 2 is 2.20 bits per heavy atom. The van der Waals surface area contributed by atoms with Gasteiger partial charge >= 0.3 is 6.03 Å². The van der Waals surface area contributed by atoms with Crippen molar-refractivity contribution in [2.75, 3.05) is 6.54 Å². The summed E-state index contributed by atoms with van der Waals surface area (Å²) in [6.45, 7) is 3.35. The summed E-state index contributed by atoms with van der Waals surface area (Å²) in [5.41, 5.74) is 3.38. The predicted octanol–water partition coefficient (Wildman–Crippen LogP) is 2.37. The Morgan fingerprint density at radius 3 is 2.95 bits per heavy atom. The molecular formula is C14H16N4OS. The van der Waals surface area contributed by atoms with Crippen LogP contribution in [0.5, 0.6) is 0 Å². The Morgan fingerprint density at radius 1 is 1.40 bits per heavy atom. The SMILES string of the molecule is CC(NC(=O)N1CCc2ccccc2C1)c1csnn1. The van der Waals surface area contributed by atoms with Crippen molar-refractivity contribution in [3.05, 3.63) is 46.5 Å². The van der Waals surface area contributed by atoms with Gasteiger partial charge in [-0.05, 0) is 36.0 Å². The van der Waals surface area contributed by atoms with E-state index in [1.165, 1.54) is 22.7 Å². The van der Waals surface area contributed by atoms with Gasteiger partial charge in [-0.2, -0.15) is 0 Å². The smallest absolute Gasteiger partial charge is 0.318 e. The van der Waals surface area contributed by atoms with Gasteiger partial charge in [0.2, 0.25) is 0 Å². The van der Waals surface area contributed by atoms with E-state index in [-0.39, 0.29) is 12.1 Å². The van der Waals surface area contributed by atoms with Crippen LogP contribution in [0.1, 0.15) is 29.8 Å². The van der Waals surface area contributed by atoms with Gasteiger partial charge in [-0.15, -0.1) is 5.10 Å². The van der Waals surface area contributed by atoms with Crippen molar-refractivity contribution in [3.63, 3.8) is 0 Å². The van der Waals surface area contributed by atoms with Crippen LogP contribution in [0.4, 0.5) is 4.79 Å². The third-order valence-corrected chi connectivity index (χ3v) is 4.10. The average Bonchev–Trinajstić information content (AvgIpc) is 3.01. The van der Waals surface area contributed by atoms with E-state index in [1.54, 1.807) is 0 Å². The molecule has 0 aliphatic carbocycles. The highest BCUT2D eigenvalue weighted by atomic mass is 32.1. The van der Waals surface area contributed by atoms with Gasteiger partial charge in [-0.25, -0.2) is 4.79 Å². The largest absolute Gasteiger partial charge is 0.330 e. The molecule has 2 heterocycles. The van der Waals surface area contributed by atoms with Crippen LogP contribution < -0.4 is 5.32 Å². The molecule has 1 N–H and O–H groups in total. The quantitative estimate of drug-likeness (QED) is 0.923. The van der Waals surface area contributed by atoms with Crippen LogP contribution in [0.2, 0.25) is 0 Å². The molecule has 2 amide bonds. The highest BCUT2D eigenvalue weighted by Crippen LogP contribution is 2.19. The highest BCUT2D eigenvalue weighted by Gasteiger charge is 2.22. The molecule has 1 unspecified atom stereocenters. The van der Waals surface area contributed by atoms with E-state index >= 15 is 0 Å². The Hall–Kier alpha value is -1.95. The van der Waals surface area contributed by atoms with Gasteiger partial charge in [0, 0.05) is 18.5 Å². The summed E-state index contributed by atoms with van der Waals surface area (Å²) in [6, 6.07) is 8.13. The number of hydrogen-bond donors (Lipinski definition) is 1. The second-order valence-electron chi connectivity index (χ2n) is 4.94. The van der Waals surface area contributed by atoms with Crippen LogP contribution in [0, 0.1) is 0 Å². The highest BCUT2D eigenvalue weighted by molar-refractivity contribution is 7.03. The van der Waals surface area contributed by atoms with Crippen LogP contribution in [0.25, 0.3) is 0 Å². The number of carbonyl (C=O) groups is 1. The molecule has 5 nitrogen and oxygen atoms in total. The van der Waals surface area contributed by atoms with Crippen LogP contribution in [-0.4, -0.2) is 27.1 Å².